The highest BCUT2D eigenvalue weighted by Crippen LogP contribution is 2.48. The maximum Gasteiger partial charge on any atom is 0.485 e. The van der Waals surface area contributed by atoms with Gasteiger partial charge < -0.3 is 4.55 Å². The highest BCUT2D eigenvalue weighted by atomic mass is 32.2. The molecule has 0 spiro atoms. The number of fused-ring (bicyclic) bond motifs is 1. The Balaban J connectivity index is 0.000000314. The van der Waals surface area contributed by atoms with Crippen molar-refractivity contribution in [1.29, 1.82) is 0 Å². The Labute approximate surface area is 210 Å². The lowest BCUT2D eigenvalue weighted by Crippen LogP contribution is -2.30. The van der Waals surface area contributed by atoms with Crippen LogP contribution >= 0.6 is 0 Å². The number of rotatable bonds is 3. The first-order valence-corrected chi connectivity index (χ1v) is 15.8. The molecule has 0 aromatic heterocycles. The van der Waals surface area contributed by atoms with Gasteiger partial charge in [-0.25, -0.2) is 8.42 Å². The monoisotopic (exact) mass is 528 g/mol. The number of benzene rings is 2. The molecule has 2 atom stereocenters. The summed E-state index contributed by atoms with van der Waals surface area (Å²) in [5.74, 6) is 7.13. The van der Waals surface area contributed by atoms with Crippen molar-refractivity contribution in [2.75, 3.05) is 11.5 Å². The Bertz CT molecular complexity index is 1040. The molecular weight excluding hydrogens is 493 g/mol. The second-order valence-corrected chi connectivity index (χ2v) is 13.8. The van der Waals surface area contributed by atoms with E-state index in [1.807, 2.05) is 0 Å². The third-order valence-electron chi connectivity index (χ3n) is 8.19. The van der Waals surface area contributed by atoms with E-state index in [2.05, 4.69) is 42.5 Å². The largest absolute Gasteiger partial charge is 0.741 e. The molecule has 2 unspecified atom stereocenters. The van der Waals surface area contributed by atoms with E-state index >= 15 is 0 Å². The van der Waals surface area contributed by atoms with Crippen LogP contribution in [-0.4, -0.2) is 30.0 Å². The average Bonchev–Trinajstić information content (AvgIpc) is 3.29. The van der Waals surface area contributed by atoms with Crippen LogP contribution in [0, 0.1) is 23.7 Å². The smallest absolute Gasteiger partial charge is 0.485 e. The molecule has 1 aliphatic heterocycles. The molecule has 8 heteroatoms. The minimum Gasteiger partial charge on any atom is -0.741 e. The molecule has 5 rings (SSSR count). The summed E-state index contributed by atoms with van der Waals surface area (Å²) in [6.45, 7) is 0. The molecule has 2 aliphatic carbocycles. The summed E-state index contributed by atoms with van der Waals surface area (Å²) in [6, 6.07) is 16.2. The third kappa shape index (κ3) is 6.55. The van der Waals surface area contributed by atoms with Crippen molar-refractivity contribution in [3.05, 3.63) is 42.5 Å². The normalized spacial score (nSPS) is 26.9. The lowest BCUT2D eigenvalue weighted by molar-refractivity contribution is -0.0517. The van der Waals surface area contributed by atoms with Crippen LogP contribution < -0.4 is 0 Å². The maximum atomic E-state index is 10.7. The fourth-order valence-corrected chi connectivity index (χ4v) is 9.73. The molecule has 0 amide bonds. The predicted molar refractivity (Wildman–Crippen MR) is 135 cm³/mol. The van der Waals surface area contributed by atoms with Crippen LogP contribution in [0.4, 0.5) is 13.2 Å². The maximum absolute atomic E-state index is 10.7. The number of alkyl halides is 3. The van der Waals surface area contributed by atoms with Gasteiger partial charge in [0, 0.05) is 28.1 Å². The van der Waals surface area contributed by atoms with Crippen LogP contribution in [0.25, 0.3) is 10.8 Å². The van der Waals surface area contributed by atoms with Gasteiger partial charge in [0.25, 0.3) is 0 Å². The van der Waals surface area contributed by atoms with E-state index in [9.17, 15) is 13.2 Å². The van der Waals surface area contributed by atoms with Crippen molar-refractivity contribution in [1.82, 2.24) is 0 Å². The summed E-state index contributed by atoms with van der Waals surface area (Å²) < 4.78 is 58.9. The first kappa shape index (κ1) is 26.8. The predicted octanol–water partition coefficient (Wildman–Crippen LogP) is 7.28. The Morgan fingerprint density at radius 1 is 0.743 bits per heavy atom. The molecule has 1 saturated heterocycles. The van der Waals surface area contributed by atoms with Gasteiger partial charge >= 0.3 is 5.51 Å². The molecule has 3 fully saturated rings. The summed E-state index contributed by atoms with van der Waals surface area (Å²) in [5.41, 5.74) is -5.65. The van der Waals surface area contributed by atoms with Crippen molar-refractivity contribution < 1.29 is 26.1 Å². The summed E-state index contributed by atoms with van der Waals surface area (Å²) in [6.07, 6.45) is 15.1. The number of halogens is 3. The molecule has 1 heterocycles. The lowest BCUT2D eigenvalue weighted by atomic mass is 9.68. The van der Waals surface area contributed by atoms with Crippen LogP contribution in [0.1, 0.15) is 64.2 Å². The minimum absolute atomic E-state index is 0.471. The first-order valence-electron chi connectivity index (χ1n) is 12.8. The van der Waals surface area contributed by atoms with E-state index in [0.29, 0.717) is 10.9 Å². The molecule has 0 bridgehead atoms. The summed E-state index contributed by atoms with van der Waals surface area (Å²) >= 11 is 0. The van der Waals surface area contributed by atoms with Crippen LogP contribution in [0.3, 0.4) is 0 Å². The third-order valence-corrected chi connectivity index (χ3v) is 11.3. The van der Waals surface area contributed by atoms with Crippen molar-refractivity contribution >= 4 is 31.8 Å². The van der Waals surface area contributed by atoms with Crippen molar-refractivity contribution in [3.63, 3.8) is 0 Å². The lowest BCUT2D eigenvalue weighted by Gasteiger charge is -2.34. The fraction of sp³-hybridized carbons (Fsp3) is 0.630. The number of hydrogen-bond donors (Lipinski definition) is 0. The SMILES string of the molecule is O=S(=O)([O-])C(F)(F)F.c1ccc2c([S+]3CC(C4CCCCC4)C(C4CCCCC4)C3)cccc2c1. The van der Waals surface area contributed by atoms with Crippen molar-refractivity contribution in [3.8, 4) is 0 Å². The highest BCUT2D eigenvalue weighted by Gasteiger charge is 2.49. The van der Waals surface area contributed by atoms with E-state index < -0.39 is 15.6 Å². The molecule has 2 saturated carbocycles. The Hall–Kier alpha value is -1.25. The van der Waals surface area contributed by atoms with E-state index in [4.69, 9.17) is 13.0 Å². The second kappa shape index (κ2) is 11.4. The van der Waals surface area contributed by atoms with E-state index in [-0.39, 0.29) is 0 Å². The van der Waals surface area contributed by atoms with E-state index in [0.717, 1.165) is 23.7 Å². The highest BCUT2D eigenvalue weighted by molar-refractivity contribution is 7.97. The average molecular weight is 529 g/mol. The summed E-state index contributed by atoms with van der Waals surface area (Å²) in [7, 11) is -5.62. The zero-order chi connectivity index (χ0) is 25.1. The Morgan fingerprint density at radius 2 is 1.20 bits per heavy atom. The van der Waals surface area contributed by atoms with Gasteiger partial charge in [-0.15, -0.1) is 0 Å². The van der Waals surface area contributed by atoms with E-state index in [1.165, 1.54) is 86.5 Å². The Morgan fingerprint density at radius 3 is 1.69 bits per heavy atom. The molecule has 0 radical (unpaired) electrons. The quantitative estimate of drug-likeness (QED) is 0.239. The van der Waals surface area contributed by atoms with Gasteiger partial charge in [0.1, 0.15) is 11.5 Å². The molecule has 194 valence electrons. The standard InChI is InChI=1S/C26H35S.CHF3O3S/c1-3-10-21(11-4-1)24-18-27(19-25(24)22-12-5-2-6-13-22)26-17-9-15-20-14-7-8-16-23(20)26;2-1(3,4)8(5,6)7/h7-9,14-17,21-22,24-25H,1-6,10-13,18-19H2;(H,5,6,7)/q+1;/p-1. The zero-order valence-corrected chi connectivity index (χ0v) is 21.6. The van der Waals surface area contributed by atoms with Gasteiger partial charge in [0.15, 0.2) is 15.0 Å². The van der Waals surface area contributed by atoms with Crippen LogP contribution in [-0.2, 0) is 21.0 Å². The second-order valence-electron chi connectivity index (χ2n) is 10.3. The molecular formula is C27H35F3O3S2. The van der Waals surface area contributed by atoms with Crippen LogP contribution in [0.2, 0.25) is 0 Å². The molecule has 2 aromatic rings. The number of hydrogen-bond acceptors (Lipinski definition) is 3. The Kier molecular flexibility index (Phi) is 8.75. The summed E-state index contributed by atoms with van der Waals surface area (Å²) in [4.78, 5) is 1.69. The fourth-order valence-electron chi connectivity index (χ4n) is 6.50. The molecule has 0 N–H and O–H groups in total. The van der Waals surface area contributed by atoms with Crippen LogP contribution in [0.15, 0.2) is 47.4 Å². The van der Waals surface area contributed by atoms with Gasteiger partial charge in [-0.3, -0.25) is 0 Å². The zero-order valence-electron chi connectivity index (χ0n) is 20.0. The minimum atomic E-state index is -6.09. The molecule has 3 nitrogen and oxygen atoms in total. The summed E-state index contributed by atoms with van der Waals surface area (Å²) in [5, 5.41) is 2.98. The van der Waals surface area contributed by atoms with Gasteiger partial charge in [0.05, 0.1) is 0 Å². The van der Waals surface area contributed by atoms with E-state index in [1.54, 1.807) is 4.90 Å². The van der Waals surface area contributed by atoms with Gasteiger partial charge in [-0.2, -0.15) is 13.2 Å². The van der Waals surface area contributed by atoms with Gasteiger partial charge in [-0.1, -0.05) is 68.9 Å². The molecule has 3 aliphatic rings. The van der Waals surface area contributed by atoms with Gasteiger partial charge in [0.2, 0.25) is 0 Å². The van der Waals surface area contributed by atoms with Gasteiger partial charge in [-0.05, 0) is 55.0 Å². The first-order chi connectivity index (χ1) is 16.6. The van der Waals surface area contributed by atoms with Crippen LogP contribution in [0.5, 0.6) is 0 Å². The molecule has 2 aromatic carbocycles. The van der Waals surface area contributed by atoms with Crippen molar-refractivity contribution in [2.24, 2.45) is 23.7 Å². The topological polar surface area (TPSA) is 57.2 Å². The van der Waals surface area contributed by atoms with Crippen molar-refractivity contribution in [2.45, 2.75) is 74.6 Å². The molecule has 35 heavy (non-hydrogen) atoms.